The number of nitriles is 1. The number of nitrogens with zero attached hydrogens (tertiary/aromatic N) is 3. The highest BCUT2D eigenvalue weighted by molar-refractivity contribution is 7.15. The lowest BCUT2D eigenvalue weighted by atomic mass is 9.75. The predicted octanol–water partition coefficient (Wildman–Crippen LogP) is 6.46. The summed E-state index contributed by atoms with van der Waals surface area (Å²) < 4.78 is 13.9. The van der Waals surface area contributed by atoms with Crippen LogP contribution in [0.25, 0.3) is 21.5 Å². The number of aromatic nitrogens is 2. The van der Waals surface area contributed by atoms with Crippen molar-refractivity contribution in [1.82, 2.24) is 15.3 Å². The Labute approximate surface area is 207 Å². The minimum absolute atomic E-state index is 0.0619. The van der Waals surface area contributed by atoms with Crippen molar-refractivity contribution >= 4 is 28.1 Å². The van der Waals surface area contributed by atoms with Crippen molar-refractivity contribution in [2.24, 2.45) is 5.92 Å². The molecule has 1 N–H and O–H groups in total. The van der Waals surface area contributed by atoms with Crippen molar-refractivity contribution in [1.29, 1.82) is 5.26 Å². The molecule has 1 atom stereocenters. The summed E-state index contributed by atoms with van der Waals surface area (Å²) in [5.41, 5.74) is 3.50. The molecule has 2 heterocycles. The largest absolute Gasteiger partial charge is 0.349 e. The van der Waals surface area contributed by atoms with E-state index in [1.165, 1.54) is 23.0 Å². The van der Waals surface area contributed by atoms with E-state index in [-0.39, 0.29) is 17.8 Å². The number of nitrogens with one attached hydrogen (secondary N) is 1. The number of hydrogen-bond donors (Lipinski definition) is 1. The van der Waals surface area contributed by atoms with E-state index in [0.29, 0.717) is 22.3 Å². The van der Waals surface area contributed by atoms with E-state index in [1.54, 1.807) is 30.5 Å². The van der Waals surface area contributed by atoms with Crippen molar-refractivity contribution in [3.05, 3.63) is 82.7 Å². The molecule has 0 bridgehead atoms. The van der Waals surface area contributed by atoms with Gasteiger partial charge in [0.15, 0.2) is 0 Å². The first-order valence-corrected chi connectivity index (χ1v) is 12.6. The van der Waals surface area contributed by atoms with Crippen LogP contribution >= 0.6 is 11.3 Å². The number of benzene rings is 2. The zero-order valence-electron chi connectivity index (χ0n) is 19.4. The van der Waals surface area contributed by atoms with E-state index in [9.17, 15) is 9.18 Å². The van der Waals surface area contributed by atoms with E-state index in [2.05, 4.69) is 28.3 Å². The van der Waals surface area contributed by atoms with Gasteiger partial charge in [-0.05, 0) is 86.4 Å². The Kier molecular flexibility index (Phi) is 6.56. The molecule has 1 fully saturated rings. The average Bonchev–Trinajstić information content (AvgIpc) is 3.38. The molecule has 5 rings (SSSR count). The summed E-state index contributed by atoms with van der Waals surface area (Å²) in [6.45, 7) is 2.08. The third-order valence-corrected chi connectivity index (χ3v) is 7.98. The van der Waals surface area contributed by atoms with Crippen LogP contribution in [-0.4, -0.2) is 21.9 Å². The second-order valence-electron chi connectivity index (χ2n) is 9.15. The van der Waals surface area contributed by atoms with Gasteiger partial charge in [-0.25, -0.2) is 9.37 Å². The first kappa shape index (κ1) is 23.1. The summed E-state index contributed by atoms with van der Waals surface area (Å²) in [5.74, 6) is 0.461. The number of hydrogen-bond acceptors (Lipinski definition) is 5. The maximum absolute atomic E-state index is 13.9. The van der Waals surface area contributed by atoms with Crippen molar-refractivity contribution in [3.8, 4) is 16.6 Å². The Morgan fingerprint density at radius 1 is 1.11 bits per heavy atom. The van der Waals surface area contributed by atoms with Gasteiger partial charge >= 0.3 is 0 Å². The van der Waals surface area contributed by atoms with Crippen molar-refractivity contribution in [2.75, 3.05) is 0 Å². The molecule has 5 nitrogen and oxygen atoms in total. The Balaban J connectivity index is 1.19. The minimum Gasteiger partial charge on any atom is -0.349 e. The second kappa shape index (κ2) is 9.93. The van der Waals surface area contributed by atoms with Crippen LogP contribution in [0.5, 0.6) is 0 Å². The summed E-state index contributed by atoms with van der Waals surface area (Å²) in [6.07, 6.45) is 7.41. The highest BCUT2D eigenvalue weighted by atomic mass is 32.1. The first-order valence-electron chi connectivity index (χ1n) is 11.8. The van der Waals surface area contributed by atoms with Gasteiger partial charge in [0.2, 0.25) is 0 Å². The number of amides is 1. The molecule has 0 radical (unpaired) electrons. The maximum atomic E-state index is 13.9. The van der Waals surface area contributed by atoms with Crippen LogP contribution in [0, 0.1) is 23.1 Å². The lowest BCUT2D eigenvalue weighted by molar-refractivity contribution is 0.0918. The topological polar surface area (TPSA) is 78.7 Å². The quantitative estimate of drug-likeness (QED) is 0.352. The molecule has 1 aliphatic rings. The molecule has 7 heteroatoms. The number of carbonyl (C=O) groups excluding carboxylic acids is 1. The van der Waals surface area contributed by atoms with Crippen molar-refractivity contribution in [2.45, 2.75) is 44.6 Å². The summed E-state index contributed by atoms with van der Waals surface area (Å²) in [5, 5.41) is 13.8. The highest BCUT2D eigenvalue weighted by Crippen LogP contribution is 2.39. The molecule has 0 aliphatic heterocycles. The fourth-order valence-electron chi connectivity index (χ4n) is 5.06. The Bertz CT molecular complexity index is 1400. The number of rotatable bonds is 5. The minimum atomic E-state index is -0.233. The van der Waals surface area contributed by atoms with Gasteiger partial charge in [0.1, 0.15) is 21.8 Å². The number of thiazole rings is 1. The summed E-state index contributed by atoms with van der Waals surface area (Å²) in [4.78, 5) is 22.1. The molecule has 176 valence electrons. The van der Waals surface area contributed by atoms with Gasteiger partial charge in [-0.3, -0.25) is 9.78 Å². The fraction of sp³-hybridized carbons (Fsp3) is 0.286. The normalized spacial score (nSPS) is 18.7. The smallest absolute Gasteiger partial charge is 0.251 e. The molecular weight excluding hydrogens is 459 g/mol. The molecule has 0 spiro atoms. The standard InChI is InChI=1S/C28H25FN4OS/c1-17(33-27(34)20-6-8-21(9-7-20)28-32-16-23(15-30)35-28)18-2-4-19(5-3-18)24-12-13-31-26-11-10-22(29)14-25(24)26/h6-14,16-19H,2-5H2,1H3,(H,33,34)/t17-,18-,19-/m1/s1. The van der Waals surface area contributed by atoms with Gasteiger partial charge in [0.25, 0.3) is 5.91 Å². The molecule has 0 unspecified atom stereocenters. The van der Waals surface area contributed by atoms with Crippen LogP contribution < -0.4 is 5.32 Å². The van der Waals surface area contributed by atoms with E-state index < -0.39 is 0 Å². The molecule has 1 aliphatic carbocycles. The van der Waals surface area contributed by atoms with Crippen LogP contribution in [0.15, 0.2) is 60.9 Å². The van der Waals surface area contributed by atoms with Crippen LogP contribution in [0.4, 0.5) is 4.39 Å². The third-order valence-electron chi connectivity index (χ3n) is 7.02. The van der Waals surface area contributed by atoms with Gasteiger partial charge in [-0.15, -0.1) is 11.3 Å². The van der Waals surface area contributed by atoms with Crippen molar-refractivity contribution < 1.29 is 9.18 Å². The van der Waals surface area contributed by atoms with Crippen LogP contribution in [-0.2, 0) is 0 Å². The highest BCUT2D eigenvalue weighted by Gasteiger charge is 2.28. The van der Waals surface area contributed by atoms with Crippen LogP contribution in [0.2, 0.25) is 0 Å². The van der Waals surface area contributed by atoms with E-state index in [4.69, 9.17) is 5.26 Å². The van der Waals surface area contributed by atoms with Gasteiger partial charge in [0.05, 0.1) is 11.7 Å². The molecule has 2 aromatic carbocycles. The van der Waals surface area contributed by atoms with E-state index in [1.807, 2.05) is 24.4 Å². The predicted molar refractivity (Wildman–Crippen MR) is 136 cm³/mol. The molecule has 2 aromatic heterocycles. The Morgan fingerprint density at radius 2 is 1.89 bits per heavy atom. The Hall–Kier alpha value is -3.63. The second-order valence-corrected chi connectivity index (χ2v) is 10.2. The van der Waals surface area contributed by atoms with Gasteiger partial charge in [-0.2, -0.15) is 5.26 Å². The zero-order chi connectivity index (χ0) is 24.4. The van der Waals surface area contributed by atoms with Gasteiger partial charge < -0.3 is 5.32 Å². The number of halogens is 1. The lowest BCUT2D eigenvalue weighted by Gasteiger charge is -2.33. The summed E-state index contributed by atoms with van der Waals surface area (Å²) in [6, 6.07) is 16.3. The van der Waals surface area contributed by atoms with Gasteiger partial charge in [0, 0.05) is 28.8 Å². The summed E-state index contributed by atoms with van der Waals surface area (Å²) in [7, 11) is 0. The molecule has 1 amide bonds. The zero-order valence-corrected chi connectivity index (χ0v) is 20.2. The third kappa shape index (κ3) is 4.94. The number of pyridine rings is 1. The lowest BCUT2D eigenvalue weighted by Crippen LogP contribution is -2.39. The Morgan fingerprint density at radius 3 is 2.60 bits per heavy atom. The molecular formula is C28H25FN4OS. The van der Waals surface area contributed by atoms with Crippen LogP contribution in [0.1, 0.15) is 59.3 Å². The monoisotopic (exact) mass is 484 g/mol. The molecule has 4 aromatic rings. The average molecular weight is 485 g/mol. The molecule has 35 heavy (non-hydrogen) atoms. The summed E-state index contributed by atoms with van der Waals surface area (Å²) >= 11 is 1.33. The first-order chi connectivity index (χ1) is 17.0. The van der Waals surface area contributed by atoms with E-state index in [0.717, 1.165) is 47.2 Å². The SMILES string of the molecule is C[C@@H](NC(=O)c1ccc(-c2ncc(C#N)s2)cc1)[C@H]1CC[C@H](c2ccnc3ccc(F)cc32)CC1. The molecule has 1 saturated carbocycles. The number of carbonyl (C=O) groups is 1. The van der Waals surface area contributed by atoms with E-state index >= 15 is 0 Å². The maximum Gasteiger partial charge on any atom is 0.251 e. The van der Waals surface area contributed by atoms with Crippen molar-refractivity contribution in [3.63, 3.8) is 0 Å². The fourth-order valence-corrected chi connectivity index (χ4v) is 5.78. The van der Waals surface area contributed by atoms with Crippen LogP contribution in [0.3, 0.4) is 0 Å². The number of fused-ring (bicyclic) bond motifs is 1. The molecule has 0 saturated heterocycles. The van der Waals surface area contributed by atoms with Gasteiger partial charge in [-0.1, -0.05) is 12.1 Å².